The molecular formula is C15H19ClN6O. The van der Waals surface area contributed by atoms with Crippen molar-refractivity contribution in [3.05, 3.63) is 28.8 Å². The Hall–Kier alpha value is -1.99. The molecule has 0 bridgehead atoms. The second-order valence-corrected chi connectivity index (χ2v) is 6.30. The summed E-state index contributed by atoms with van der Waals surface area (Å²) in [6.07, 6.45) is 2.32. The molecule has 2 heterocycles. The van der Waals surface area contributed by atoms with Gasteiger partial charge in [0.2, 0.25) is 5.82 Å². The van der Waals surface area contributed by atoms with E-state index in [4.69, 9.17) is 11.6 Å². The fourth-order valence-electron chi connectivity index (χ4n) is 2.93. The molecule has 1 saturated heterocycles. The highest BCUT2D eigenvalue weighted by Crippen LogP contribution is 2.26. The van der Waals surface area contributed by atoms with Gasteiger partial charge in [-0.25, -0.2) is 0 Å². The van der Waals surface area contributed by atoms with Crippen molar-refractivity contribution < 1.29 is 4.79 Å². The Morgan fingerprint density at radius 1 is 1.52 bits per heavy atom. The zero-order valence-corrected chi connectivity index (χ0v) is 13.9. The minimum atomic E-state index is -0.0353. The molecule has 1 atom stereocenters. The van der Waals surface area contributed by atoms with Gasteiger partial charge in [-0.05, 0) is 49.8 Å². The van der Waals surface area contributed by atoms with Crippen molar-refractivity contribution in [3.63, 3.8) is 0 Å². The van der Waals surface area contributed by atoms with E-state index in [1.807, 2.05) is 7.05 Å². The summed E-state index contributed by atoms with van der Waals surface area (Å²) in [5, 5.41) is 14.1. The molecule has 0 aliphatic carbocycles. The predicted octanol–water partition coefficient (Wildman–Crippen LogP) is 1.69. The molecule has 1 aliphatic rings. The molecule has 8 heteroatoms. The summed E-state index contributed by atoms with van der Waals surface area (Å²) in [6, 6.07) is 5.58. The van der Waals surface area contributed by atoms with E-state index in [-0.39, 0.29) is 5.91 Å². The number of tetrazole rings is 1. The maximum absolute atomic E-state index is 12.6. The summed E-state index contributed by atoms with van der Waals surface area (Å²) in [6.45, 7) is 1.82. The third kappa shape index (κ3) is 3.35. The molecule has 0 unspecified atom stereocenters. The highest BCUT2D eigenvalue weighted by atomic mass is 35.5. The van der Waals surface area contributed by atoms with Crippen LogP contribution in [-0.4, -0.2) is 69.6 Å². The molecule has 0 spiro atoms. The van der Waals surface area contributed by atoms with Crippen LogP contribution in [0.4, 0.5) is 0 Å². The molecule has 1 N–H and O–H groups in total. The van der Waals surface area contributed by atoms with Gasteiger partial charge < -0.3 is 9.80 Å². The van der Waals surface area contributed by atoms with Gasteiger partial charge in [-0.15, -0.1) is 10.2 Å². The van der Waals surface area contributed by atoms with Crippen LogP contribution in [0.25, 0.3) is 11.4 Å². The molecule has 1 fully saturated rings. The first-order valence-electron chi connectivity index (χ1n) is 7.55. The Bertz CT molecular complexity index is 689. The molecule has 122 valence electrons. The standard InChI is InChI=1S/C15H19ClN6O/c1-21-7-3-4-11(21)9-22(2)15(23)10-5-6-12(13(16)8-10)14-17-19-20-18-14/h5-6,8,11H,3-4,7,9H2,1-2H3,(H,17,18,19,20)/t11-/m0/s1. The van der Waals surface area contributed by atoms with E-state index in [0.717, 1.165) is 19.5 Å². The number of nitrogens with one attached hydrogen (secondary N) is 1. The average molecular weight is 335 g/mol. The lowest BCUT2D eigenvalue weighted by atomic mass is 10.1. The number of benzene rings is 1. The molecule has 1 aliphatic heterocycles. The Balaban J connectivity index is 1.73. The maximum atomic E-state index is 12.6. The number of aromatic nitrogens is 4. The summed E-state index contributed by atoms with van der Waals surface area (Å²) in [5.74, 6) is 0.377. The second-order valence-electron chi connectivity index (χ2n) is 5.89. The Morgan fingerprint density at radius 2 is 2.35 bits per heavy atom. The van der Waals surface area contributed by atoms with Crippen LogP contribution in [0.5, 0.6) is 0 Å². The normalized spacial score (nSPS) is 18.3. The highest BCUT2D eigenvalue weighted by molar-refractivity contribution is 6.33. The lowest BCUT2D eigenvalue weighted by molar-refractivity contribution is 0.0761. The van der Waals surface area contributed by atoms with Crippen LogP contribution in [0.2, 0.25) is 5.02 Å². The maximum Gasteiger partial charge on any atom is 0.253 e. The number of nitrogens with zero attached hydrogens (tertiary/aromatic N) is 5. The third-order valence-corrected chi connectivity index (χ3v) is 4.62. The predicted molar refractivity (Wildman–Crippen MR) is 87.2 cm³/mol. The van der Waals surface area contributed by atoms with Crippen molar-refractivity contribution in [3.8, 4) is 11.4 Å². The molecular weight excluding hydrogens is 316 g/mol. The topological polar surface area (TPSA) is 78.0 Å². The van der Waals surface area contributed by atoms with Gasteiger partial charge in [0.05, 0.1) is 5.02 Å². The summed E-state index contributed by atoms with van der Waals surface area (Å²) in [5.41, 5.74) is 1.21. The van der Waals surface area contributed by atoms with Crippen LogP contribution in [0.15, 0.2) is 18.2 Å². The van der Waals surface area contributed by atoms with E-state index in [1.54, 1.807) is 23.1 Å². The molecule has 23 heavy (non-hydrogen) atoms. The van der Waals surface area contributed by atoms with Gasteiger partial charge in [0.1, 0.15) is 0 Å². The second kappa shape index (κ2) is 6.64. The number of H-pyrrole nitrogens is 1. The molecule has 0 radical (unpaired) electrons. The van der Waals surface area contributed by atoms with Crippen molar-refractivity contribution in [1.82, 2.24) is 30.4 Å². The van der Waals surface area contributed by atoms with Crippen LogP contribution < -0.4 is 0 Å². The lowest BCUT2D eigenvalue weighted by Gasteiger charge is -2.26. The fourth-order valence-corrected chi connectivity index (χ4v) is 3.20. The first-order valence-corrected chi connectivity index (χ1v) is 7.93. The molecule has 1 aromatic carbocycles. The van der Waals surface area contributed by atoms with E-state index >= 15 is 0 Å². The first kappa shape index (κ1) is 15.9. The van der Waals surface area contributed by atoms with Crippen LogP contribution >= 0.6 is 11.6 Å². The minimum absolute atomic E-state index is 0.0353. The first-order chi connectivity index (χ1) is 11.1. The number of rotatable bonds is 4. The minimum Gasteiger partial charge on any atom is -0.340 e. The monoisotopic (exact) mass is 334 g/mol. The quantitative estimate of drug-likeness (QED) is 0.920. The number of carbonyl (C=O) groups is 1. The van der Waals surface area contributed by atoms with Crippen molar-refractivity contribution in [2.75, 3.05) is 27.2 Å². The van der Waals surface area contributed by atoms with Gasteiger partial charge in [0.25, 0.3) is 5.91 Å². The Labute approximate surface area is 139 Å². The van der Waals surface area contributed by atoms with Crippen molar-refractivity contribution in [2.24, 2.45) is 0 Å². The lowest BCUT2D eigenvalue weighted by Crippen LogP contribution is -2.39. The van der Waals surface area contributed by atoms with Crippen LogP contribution in [0.1, 0.15) is 23.2 Å². The molecule has 1 amide bonds. The van der Waals surface area contributed by atoms with E-state index in [9.17, 15) is 4.79 Å². The molecule has 1 aromatic heterocycles. The summed E-state index contributed by atoms with van der Waals surface area (Å²) >= 11 is 6.26. The third-order valence-electron chi connectivity index (χ3n) is 4.31. The number of aromatic amines is 1. The highest BCUT2D eigenvalue weighted by Gasteiger charge is 2.24. The van der Waals surface area contributed by atoms with Gasteiger partial charge in [-0.3, -0.25) is 4.79 Å². The van der Waals surface area contributed by atoms with Gasteiger partial charge in [-0.2, -0.15) is 5.21 Å². The number of hydrogen-bond acceptors (Lipinski definition) is 5. The number of carbonyl (C=O) groups excluding carboxylic acids is 1. The number of amides is 1. The Kier molecular flexibility index (Phi) is 4.58. The zero-order chi connectivity index (χ0) is 16.4. The zero-order valence-electron chi connectivity index (χ0n) is 13.2. The summed E-state index contributed by atoms with van der Waals surface area (Å²) < 4.78 is 0. The van der Waals surface area contributed by atoms with E-state index in [0.29, 0.717) is 28.0 Å². The van der Waals surface area contributed by atoms with Gasteiger partial charge in [0, 0.05) is 30.8 Å². The number of likely N-dealkylation sites (tertiary alicyclic amines) is 1. The average Bonchev–Trinajstić information content (AvgIpc) is 3.19. The number of hydrogen-bond donors (Lipinski definition) is 1. The fraction of sp³-hybridized carbons (Fsp3) is 0.467. The van der Waals surface area contributed by atoms with Crippen LogP contribution in [0, 0.1) is 0 Å². The molecule has 2 aromatic rings. The Morgan fingerprint density at radius 3 is 2.96 bits per heavy atom. The number of likely N-dealkylation sites (N-methyl/N-ethyl adjacent to an activating group) is 2. The van der Waals surface area contributed by atoms with E-state index < -0.39 is 0 Å². The molecule has 0 saturated carbocycles. The van der Waals surface area contributed by atoms with Crippen molar-refractivity contribution >= 4 is 17.5 Å². The van der Waals surface area contributed by atoms with Crippen molar-refractivity contribution in [1.29, 1.82) is 0 Å². The van der Waals surface area contributed by atoms with Crippen LogP contribution in [0.3, 0.4) is 0 Å². The smallest absolute Gasteiger partial charge is 0.253 e. The van der Waals surface area contributed by atoms with Gasteiger partial charge in [0.15, 0.2) is 0 Å². The van der Waals surface area contributed by atoms with E-state index in [2.05, 4.69) is 32.6 Å². The van der Waals surface area contributed by atoms with Crippen molar-refractivity contribution in [2.45, 2.75) is 18.9 Å². The largest absolute Gasteiger partial charge is 0.340 e. The summed E-state index contributed by atoms with van der Waals surface area (Å²) in [4.78, 5) is 16.6. The van der Waals surface area contributed by atoms with Crippen LogP contribution in [-0.2, 0) is 0 Å². The SMILES string of the molecule is CN(C[C@@H]1CCCN1C)C(=O)c1ccc(-c2nn[nH]n2)c(Cl)c1. The van der Waals surface area contributed by atoms with Gasteiger partial charge in [-0.1, -0.05) is 11.6 Å². The van der Waals surface area contributed by atoms with Gasteiger partial charge >= 0.3 is 0 Å². The van der Waals surface area contributed by atoms with E-state index in [1.165, 1.54) is 6.42 Å². The molecule has 7 nitrogen and oxygen atoms in total. The summed E-state index contributed by atoms with van der Waals surface area (Å²) in [7, 11) is 3.93. The molecule has 3 rings (SSSR count). The number of halogens is 1.